The average molecular weight is 383 g/mol. The van der Waals surface area contributed by atoms with Crippen molar-refractivity contribution < 1.29 is 18.6 Å². The molecule has 1 unspecified atom stereocenters. The lowest BCUT2D eigenvalue weighted by Gasteiger charge is -2.17. The van der Waals surface area contributed by atoms with Crippen LogP contribution < -0.4 is 0 Å². The summed E-state index contributed by atoms with van der Waals surface area (Å²) in [6.45, 7) is 7.21. The summed E-state index contributed by atoms with van der Waals surface area (Å²) in [5.41, 5.74) is 1.98. The van der Waals surface area contributed by atoms with Crippen molar-refractivity contribution in [3.8, 4) is 11.1 Å². The fourth-order valence-corrected chi connectivity index (χ4v) is 2.75. The number of ether oxygens (including phenoxy) is 1. The van der Waals surface area contributed by atoms with Crippen LogP contribution in [0, 0.1) is 6.92 Å². The largest absolute Gasteiger partial charge is 0.591 e. The summed E-state index contributed by atoms with van der Waals surface area (Å²) in [5.74, 6) is -0.221. The maximum atomic E-state index is 12.1. The number of benzene rings is 1. The molecule has 0 saturated carbocycles. The molecular formula is C17H19ClN2O4S. The van der Waals surface area contributed by atoms with E-state index in [2.05, 4.69) is 9.55 Å². The molecular weight excluding hydrogens is 364 g/mol. The fourth-order valence-electron chi connectivity index (χ4n) is 2.07. The predicted molar refractivity (Wildman–Crippen MR) is 98.5 cm³/mol. The Morgan fingerprint density at radius 1 is 1.44 bits per heavy atom. The maximum Gasteiger partial charge on any atom is 0.338 e. The fraction of sp³-hybridized carbons (Fsp3) is 0.353. The van der Waals surface area contributed by atoms with Gasteiger partial charge >= 0.3 is 5.97 Å². The zero-order valence-corrected chi connectivity index (χ0v) is 16.2. The molecule has 0 spiro atoms. The number of rotatable bonds is 4. The Labute approximate surface area is 154 Å². The summed E-state index contributed by atoms with van der Waals surface area (Å²) in [6, 6.07) is 4.86. The highest BCUT2D eigenvalue weighted by atomic mass is 35.5. The van der Waals surface area contributed by atoms with Gasteiger partial charge in [0, 0.05) is 10.6 Å². The molecule has 2 rings (SSSR count). The quantitative estimate of drug-likeness (QED) is 0.453. The molecule has 1 aromatic heterocycles. The van der Waals surface area contributed by atoms with E-state index in [9.17, 15) is 9.35 Å². The molecule has 8 heteroatoms. The normalized spacial score (nSPS) is 13.2. The van der Waals surface area contributed by atoms with Gasteiger partial charge < -0.3 is 13.8 Å². The third kappa shape index (κ3) is 4.42. The average Bonchev–Trinajstić information content (AvgIpc) is 2.91. The Morgan fingerprint density at radius 2 is 2.12 bits per heavy atom. The summed E-state index contributed by atoms with van der Waals surface area (Å²) in [4.78, 5) is 12.1. The van der Waals surface area contributed by atoms with Crippen LogP contribution in [-0.2, 0) is 16.1 Å². The number of carbonyl (C=O) groups is 1. The third-order valence-electron chi connectivity index (χ3n) is 3.33. The van der Waals surface area contributed by atoms with Crippen molar-refractivity contribution in [1.82, 2.24) is 5.16 Å². The summed E-state index contributed by atoms with van der Waals surface area (Å²) in [6.07, 6.45) is 1.37. The second-order valence-corrected chi connectivity index (χ2v) is 8.66. The van der Waals surface area contributed by atoms with Crippen molar-refractivity contribution in [2.45, 2.75) is 32.4 Å². The number of aromatic nitrogens is 1. The molecule has 0 radical (unpaired) electrons. The Kier molecular flexibility index (Phi) is 5.92. The first-order valence-corrected chi connectivity index (χ1v) is 8.94. The van der Waals surface area contributed by atoms with E-state index < -0.39 is 22.1 Å². The molecule has 0 fully saturated rings. The van der Waals surface area contributed by atoms with Gasteiger partial charge in [-0.2, -0.15) is 0 Å². The van der Waals surface area contributed by atoms with Crippen LogP contribution in [0.3, 0.4) is 0 Å². The van der Waals surface area contributed by atoms with Gasteiger partial charge in [0.1, 0.15) is 22.3 Å². The summed E-state index contributed by atoms with van der Waals surface area (Å²) in [7, 11) is 1.29. The van der Waals surface area contributed by atoms with Crippen molar-refractivity contribution in [2.24, 2.45) is 4.40 Å². The Hall–Kier alpha value is -1.83. The minimum absolute atomic E-state index is 0.285. The molecule has 0 aliphatic heterocycles. The summed E-state index contributed by atoms with van der Waals surface area (Å²) < 4.78 is 25.8. The molecule has 1 heterocycles. The molecule has 25 heavy (non-hydrogen) atoms. The zero-order chi connectivity index (χ0) is 18.8. The highest BCUT2D eigenvalue weighted by molar-refractivity contribution is 7.91. The van der Waals surface area contributed by atoms with E-state index >= 15 is 0 Å². The number of aryl methyl sites for hydroxylation is 1. The topological polar surface area (TPSA) is 87.8 Å². The molecule has 134 valence electrons. The van der Waals surface area contributed by atoms with Gasteiger partial charge in [-0.25, -0.2) is 4.79 Å². The highest BCUT2D eigenvalue weighted by Gasteiger charge is 2.27. The van der Waals surface area contributed by atoms with Crippen LogP contribution in [0.1, 0.15) is 42.6 Å². The SMILES string of the molecule is COC(=O)c1cc(Cl)ccc1-c1c(C)noc1/C=N/[S+]([O-])C(C)(C)C. The Morgan fingerprint density at radius 3 is 2.72 bits per heavy atom. The van der Waals surface area contributed by atoms with Crippen LogP contribution in [0.5, 0.6) is 0 Å². The lowest BCUT2D eigenvalue weighted by atomic mass is 9.98. The van der Waals surface area contributed by atoms with Gasteiger partial charge in [0.05, 0.1) is 23.9 Å². The molecule has 2 aromatic rings. The van der Waals surface area contributed by atoms with Crippen LogP contribution >= 0.6 is 11.6 Å². The van der Waals surface area contributed by atoms with Crippen LogP contribution in [0.15, 0.2) is 27.1 Å². The van der Waals surface area contributed by atoms with Crippen molar-refractivity contribution in [2.75, 3.05) is 7.11 Å². The minimum Gasteiger partial charge on any atom is -0.591 e. The second kappa shape index (κ2) is 7.59. The van der Waals surface area contributed by atoms with Gasteiger partial charge in [0.25, 0.3) is 0 Å². The van der Waals surface area contributed by atoms with Crippen molar-refractivity contribution in [1.29, 1.82) is 0 Å². The van der Waals surface area contributed by atoms with E-state index in [1.165, 1.54) is 19.4 Å². The van der Waals surface area contributed by atoms with Gasteiger partial charge in [-0.3, -0.25) is 0 Å². The molecule has 0 aliphatic carbocycles. The van der Waals surface area contributed by atoms with E-state index in [-0.39, 0.29) is 5.56 Å². The van der Waals surface area contributed by atoms with E-state index in [1.54, 1.807) is 19.1 Å². The number of esters is 1. The van der Waals surface area contributed by atoms with Crippen molar-refractivity contribution in [3.05, 3.63) is 40.2 Å². The van der Waals surface area contributed by atoms with Crippen molar-refractivity contribution in [3.63, 3.8) is 0 Å². The van der Waals surface area contributed by atoms with Crippen LogP contribution in [0.4, 0.5) is 0 Å². The summed E-state index contributed by atoms with van der Waals surface area (Å²) in [5, 5.41) is 4.34. The van der Waals surface area contributed by atoms with Gasteiger partial charge in [-0.15, -0.1) is 0 Å². The Balaban J connectivity index is 2.54. The smallest absolute Gasteiger partial charge is 0.338 e. The van der Waals surface area contributed by atoms with E-state index in [1.807, 2.05) is 20.8 Å². The van der Waals surface area contributed by atoms with Crippen LogP contribution in [-0.4, -0.2) is 33.8 Å². The molecule has 0 bridgehead atoms. The van der Waals surface area contributed by atoms with E-state index in [4.69, 9.17) is 20.9 Å². The highest BCUT2D eigenvalue weighted by Crippen LogP contribution is 2.32. The molecule has 6 nitrogen and oxygen atoms in total. The molecule has 0 N–H and O–H groups in total. The first-order chi connectivity index (χ1) is 11.6. The molecule has 1 aromatic carbocycles. The first-order valence-electron chi connectivity index (χ1n) is 7.45. The number of methoxy groups -OCH3 is 1. The minimum atomic E-state index is -1.44. The predicted octanol–water partition coefficient (Wildman–Crippen LogP) is 3.97. The van der Waals surface area contributed by atoms with Gasteiger partial charge in [-0.1, -0.05) is 27.2 Å². The lowest BCUT2D eigenvalue weighted by molar-refractivity contribution is 0.0601. The number of hydrogen-bond acceptors (Lipinski definition) is 6. The molecule has 0 saturated heterocycles. The van der Waals surface area contributed by atoms with Gasteiger partial charge in [0.2, 0.25) is 0 Å². The standard InChI is InChI=1S/C17H19ClN2O4S/c1-10-15(12-7-6-11(18)8-13(12)16(21)23-5)14(24-20-10)9-19-25(22)17(2,3)4/h6-9H,1-5H3/b19-9+. The van der Waals surface area contributed by atoms with E-state index in [0.29, 0.717) is 27.6 Å². The Bertz CT molecular complexity index is 811. The van der Waals surface area contributed by atoms with E-state index in [0.717, 1.165) is 0 Å². The summed E-state index contributed by atoms with van der Waals surface area (Å²) >= 11 is 4.55. The number of halogens is 1. The monoisotopic (exact) mass is 382 g/mol. The van der Waals surface area contributed by atoms with Crippen molar-refractivity contribution >= 4 is 35.1 Å². The van der Waals surface area contributed by atoms with Crippen LogP contribution in [0.2, 0.25) is 5.02 Å². The molecule has 0 amide bonds. The number of nitrogens with zero attached hydrogens (tertiary/aromatic N) is 2. The van der Waals surface area contributed by atoms with Gasteiger partial charge in [0.15, 0.2) is 5.76 Å². The zero-order valence-electron chi connectivity index (χ0n) is 14.6. The van der Waals surface area contributed by atoms with Gasteiger partial charge in [-0.05, 0) is 39.8 Å². The number of carbonyl (C=O) groups excluding carboxylic acids is 1. The first kappa shape index (κ1) is 19.5. The number of hydrogen-bond donors (Lipinski definition) is 0. The second-order valence-electron chi connectivity index (χ2n) is 6.28. The maximum absolute atomic E-state index is 12.1. The lowest BCUT2D eigenvalue weighted by Crippen LogP contribution is -2.25. The third-order valence-corrected chi connectivity index (χ3v) is 4.91. The molecule has 1 atom stereocenters. The van der Waals surface area contributed by atoms with Crippen LogP contribution in [0.25, 0.3) is 11.1 Å². The molecule has 0 aliphatic rings.